The van der Waals surface area contributed by atoms with Crippen molar-refractivity contribution in [3.63, 3.8) is 0 Å². The first-order chi connectivity index (χ1) is 16.7. The quantitative estimate of drug-likeness (QED) is 0.372. The third kappa shape index (κ3) is 5.14. The normalized spacial score (nSPS) is 18.0. The van der Waals surface area contributed by atoms with E-state index in [1.807, 2.05) is 24.1 Å². The van der Waals surface area contributed by atoms with Crippen LogP contribution in [0.1, 0.15) is 35.5 Å². The first-order valence-corrected chi connectivity index (χ1v) is 11.1. The molecule has 0 aliphatic carbocycles. The maximum Gasteiger partial charge on any atom is 0.270 e. The van der Waals surface area contributed by atoms with Gasteiger partial charge in [0, 0.05) is 35.6 Å². The minimum absolute atomic E-state index is 0.163. The first-order valence-electron chi connectivity index (χ1n) is 11.1. The number of H-pyrrole nitrogens is 1. The zero-order valence-electron chi connectivity index (χ0n) is 19.1. The maximum absolute atomic E-state index is 15.1. The van der Waals surface area contributed by atoms with Crippen LogP contribution in [0.4, 0.5) is 17.6 Å². The van der Waals surface area contributed by atoms with Crippen LogP contribution < -0.4 is 15.6 Å². The Hall–Kier alpha value is -3.47. The number of nitrogens with one attached hydrogen (secondary N) is 2. The Morgan fingerprint density at radius 3 is 2.69 bits per heavy atom. The Balaban J connectivity index is 1.39. The number of hydrogen-bond donors (Lipinski definition) is 2. The van der Waals surface area contributed by atoms with Crippen molar-refractivity contribution in [2.75, 3.05) is 13.1 Å². The molecule has 0 bridgehead atoms. The van der Waals surface area contributed by atoms with Gasteiger partial charge in [-0.05, 0) is 31.5 Å². The highest BCUT2D eigenvalue weighted by molar-refractivity contribution is 5.92. The number of benzene rings is 1. The van der Waals surface area contributed by atoms with Crippen molar-refractivity contribution in [3.8, 4) is 5.75 Å². The van der Waals surface area contributed by atoms with Gasteiger partial charge in [0.05, 0.1) is 12.1 Å². The number of carbonyl (C=O) groups excluding carboxylic acids is 1. The molecule has 35 heavy (non-hydrogen) atoms. The summed E-state index contributed by atoms with van der Waals surface area (Å²) < 4.78 is 59.5. The van der Waals surface area contributed by atoms with Crippen molar-refractivity contribution in [1.82, 2.24) is 20.2 Å². The molecule has 1 saturated heterocycles. The van der Waals surface area contributed by atoms with E-state index in [1.165, 1.54) is 12.1 Å². The van der Waals surface area contributed by atoms with Crippen LogP contribution in [0.25, 0.3) is 10.9 Å². The molecule has 0 spiro atoms. The van der Waals surface area contributed by atoms with Gasteiger partial charge in [0.25, 0.3) is 23.8 Å². The molecule has 4 rings (SSSR count). The number of likely N-dealkylation sites (tertiary alicyclic amines) is 1. The lowest BCUT2D eigenvalue weighted by molar-refractivity contribution is -0.0437. The molecule has 2 atom stereocenters. The largest absolute Gasteiger partial charge is 0.483 e. The SMILES string of the molecule is CCc1cc2ccc(CN3C[C@H](Oc4ccc(C(=O)NCC(F)F)nc4F)[C@H]3C)c(F)c2[nH]c1=O. The molecule has 3 heterocycles. The average Bonchev–Trinajstić information content (AvgIpc) is 2.83. The smallest absolute Gasteiger partial charge is 0.270 e. The predicted octanol–water partition coefficient (Wildman–Crippen LogP) is 3.41. The average molecular weight is 492 g/mol. The number of rotatable bonds is 8. The number of aromatic nitrogens is 2. The number of carbonyl (C=O) groups is 1. The summed E-state index contributed by atoms with van der Waals surface area (Å²) in [6.07, 6.45) is -2.58. The molecule has 0 unspecified atom stereocenters. The van der Waals surface area contributed by atoms with Gasteiger partial charge in [-0.3, -0.25) is 14.5 Å². The summed E-state index contributed by atoms with van der Waals surface area (Å²) in [6, 6.07) is 7.36. The molecule has 2 aromatic heterocycles. The second-order valence-corrected chi connectivity index (χ2v) is 8.39. The fraction of sp³-hybridized carbons (Fsp3) is 0.375. The Morgan fingerprint density at radius 1 is 1.26 bits per heavy atom. The van der Waals surface area contributed by atoms with Crippen molar-refractivity contribution in [2.24, 2.45) is 0 Å². The van der Waals surface area contributed by atoms with Gasteiger partial charge in [0.15, 0.2) is 11.6 Å². The summed E-state index contributed by atoms with van der Waals surface area (Å²) in [5.41, 5.74) is 0.514. The molecule has 1 fully saturated rings. The lowest BCUT2D eigenvalue weighted by Crippen LogP contribution is -2.60. The third-order valence-electron chi connectivity index (χ3n) is 6.14. The Labute approximate surface area is 198 Å². The number of ether oxygens (including phenoxy) is 1. The van der Waals surface area contributed by atoms with Crippen LogP contribution in [-0.2, 0) is 13.0 Å². The molecule has 0 saturated carbocycles. The van der Waals surface area contributed by atoms with E-state index < -0.39 is 36.7 Å². The van der Waals surface area contributed by atoms with Crippen LogP contribution in [0.2, 0.25) is 0 Å². The van der Waals surface area contributed by atoms with E-state index in [2.05, 4.69) is 9.97 Å². The monoisotopic (exact) mass is 492 g/mol. The predicted molar refractivity (Wildman–Crippen MR) is 121 cm³/mol. The van der Waals surface area contributed by atoms with Gasteiger partial charge in [-0.1, -0.05) is 19.1 Å². The molecule has 7 nitrogen and oxygen atoms in total. The van der Waals surface area contributed by atoms with Crippen molar-refractivity contribution in [1.29, 1.82) is 0 Å². The van der Waals surface area contributed by atoms with Crippen molar-refractivity contribution < 1.29 is 27.1 Å². The van der Waals surface area contributed by atoms with Crippen LogP contribution >= 0.6 is 0 Å². The lowest BCUT2D eigenvalue weighted by Gasteiger charge is -2.45. The van der Waals surface area contributed by atoms with E-state index in [0.717, 1.165) is 0 Å². The maximum atomic E-state index is 15.1. The topological polar surface area (TPSA) is 87.3 Å². The number of pyridine rings is 2. The van der Waals surface area contributed by atoms with Crippen molar-refractivity contribution in [2.45, 2.75) is 45.4 Å². The second-order valence-electron chi connectivity index (χ2n) is 8.39. The van der Waals surface area contributed by atoms with Gasteiger partial charge in [-0.25, -0.2) is 18.2 Å². The Morgan fingerprint density at radius 2 is 2.03 bits per heavy atom. The molecule has 1 aromatic carbocycles. The van der Waals surface area contributed by atoms with E-state index in [-0.39, 0.29) is 35.1 Å². The van der Waals surface area contributed by atoms with E-state index >= 15 is 4.39 Å². The van der Waals surface area contributed by atoms with Gasteiger partial charge < -0.3 is 15.0 Å². The van der Waals surface area contributed by atoms with Gasteiger partial charge in [0.2, 0.25) is 0 Å². The molecule has 11 heteroatoms. The first kappa shape index (κ1) is 24.6. The fourth-order valence-corrected chi connectivity index (χ4v) is 3.98. The minimum atomic E-state index is -2.73. The molecule has 1 aliphatic heterocycles. The van der Waals surface area contributed by atoms with E-state index in [4.69, 9.17) is 4.74 Å². The molecule has 0 radical (unpaired) electrons. The van der Waals surface area contributed by atoms with Crippen molar-refractivity contribution >= 4 is 16.8 Å². The summed E-state index contributed by atoms with van der Waals surface area (Å²) in [4.78, 5) is 31.9. The zero-order valence-corrected chi connectivity index (χ0v) is 19.1. The number of nitrogens with zero attached hydrogens (tertiary/aromatic N) is 2. The zero-order chi connectivity index (χ0) is 25.3. The number of aryl methyl sites for hydroxylation is 1. The number of hydrogen-bond acceptors (Lipinski definition) is 5. The van der Waals surface area contributed by atoms with E-state index in [9.17, 15) is 22.8 Å². The third-order valence-corrected chi connectivity index (χ3v) is 6.14. The van der Waals surface area contributed by atoms with Crippen LogP contribution in [-0.4, -0.2) is 52.4 Å². The molecule has 2 N–H and O–H groups in total. The summed E-state index contributed by atoms with van der Waals surface area (Å²) >= 11 is 0. The molecule has 1 aliphatic rings. The summed E-state index contributed by atoms with van der Waals surface area (Å²) in [5, 5.41) is 2.57. The lowest BCUT2D eigenvalue weighted by atomic mass is 9.99. The highest BCUT2D eigenvalue weighted by atomic mass is 19.3. The Kier molecular flexibility index (Phi) is 7.06. The van der Waals surface area contributed by atoms with Gasteiger partial charge in [-0.15, -0.1) is 0 Å². The van der Waals surface area contributed by atoms with Crippen LogP contribution in [0.15, 0.2) is 35.1 Å². The fourth-order valence-electron chi connectivity index (χ4n) is 3.98. The molecule has 1 amide bonds. The van der Waals surface area contributed by atoms with E-state index in [0.29, 0.717) is 29.5 Å². The second kappa shape index (κ2) is 10.0. The number of alkyl halides is 2. The van der Waals surface area contributed by atoms with Crippen LogP contribution in [0, 0.1) is 11.8 Å². The molecular formula is C24H24F4N4O3. The number of halogens is 4. The van der Waals surface area contributed by atoms with Crippen LogP contribution in [0.3, 0.4) is 0 Å². The summed E-state index contributed by atoms with van der Waals surface area (Å²) in [5.74, 6) is -2.61. The molecular weight excluding hydrogens is 468 g/mol. The number of amides is 1. The summed E-state index contributed by atoms with van der Waals surface area (Å²) in [6.45, 7) is 3.50. The number of fused-ring (bicyclic) bond motifs is 1. The highest BCUT2D eigenvalue weighted by Crippen LogP contribution is 2.29. The minimum Gasteiger partial charge on any atom is -0.483 e. The van der Waals surface area contributed by atoms with Gasteiger partial charge in [0.1, 0.15) is 11.8 Å². The van der Waals surface area contributed by atoms with E-state index in [1.54, 1.807) is 18.2 Å². The molecule has 186 valence electrons. The Bertz CT molecular complexity index is 1310. The number of aromatic amines is 1. The standard InChI is InChI=1S/C24H24F4N4O3/c1-3-13-8-14-4-5-15(20(27)21(14)31-23(13)33)10-32-11-18(12(32)2)35-17-7-6-16(30-22(17)28)24(34)29-9-19(25)26/h4-8,12,18-19H,3,9-11H2,1-2H3,(H,29,34)(H,31,33)/t12-,18+/m1/s1. The highest BCUT2D eigenvalue weighted by Gasteiger charge is 2.38. The van der Waals surface area contributed by atoms with Crippen LogP contribution in [0.5, 0.6) is 5.75 Å². The molecule has 3 aromatic rings. The summed E-state index contributed by atoms with van der Waals surface area (Å²) in [7, 11) is 0. The van der Waals surface area contributed by atoms with Crippen molar-refractivity contribution in [3.05, 3.63) is 69.3 Å². The van der Waals surface area contributed by atoms with Gasteiger partial charge in [-0.2, -0.15) is 4.39 Å². The van der Waals surface area contributed by atoms with Gasteiger partial charge >= 0.3 is 0 Å².